The molecule has 2 aromatic carbocycles. The normalized spacial score (nSPS) is 15.9. The van der Waals surface area contributed by atoms with Gasteiger partial charge in [-0.2, -0.15) is 0 Å². The summed E-state index contributed by atoms with van der Waals surface area (Å²) in [6, 6.07) is 16.5. The summed E-state index contributed by atoms with van der Waals surface area (Å²) in [5, 5.41) is 8.64. The lowest BCUT2D eigenvalue weighted by Crippen LogP contribution is -2.34. The smallest absolute Gasteiger partial charge is 0.277 e. The maximum atomic E-state index is 12.8. The van der Waals surface area contributed by atoms with E-state index in [2.05, 4.69) is 34.5 Å². The summed E-state index contributed by atoms with van der Waals surface area (Å²) >= 11 is 1.29. The molecule has 144 valence electrons. The number of carbonyl (C=O) groups excluding carboxylic acids is 1. The quantitative estimate of drug-likeness (QED) is 0.590. The van der Waals surface area contributed by atoms with Crippen molar-refractivity contribution < 1.29 is 9.21 Å². The zero-order valence-corrected chi connectivity index (χ0v) is 16.9. The molecular formula is C22H23N3O2S. The van der Waals surface area contributed by atoms with Crippen LogP contribution in [0.4, 0.5) is 0 Å². The Balaban J connectivity index is 1.41. The number of hydrogen-bond donors (Lipinski definition) is 0. The molecule has 0 saturated carbocycles. The summed E-state index contributed by atoms with van der Waals surface area (Å²) in [4.78, 5) is 14.6. The number of benzene rings is 2. The molecule has 0 N–H and O–H groups in total. The maximum Gasteiger partial charge on any atom is 0.277 e. The molecule has 0 unspecified atom stereocenters. The highest BCUT2D eigenvalue weighted by Gasteiger charge is 2.26. The largest absolute Gasteiger partial charge is 0.411 e. The van der Waals surface area contributed by atoms with Gasteiger partial charge in [0.1, 0.15) is 0 Å². The number of amides is 1. The van der Waals surface area contributed by atoms with E-state index < -0.39 is 0 Å². The average molecular weight is 394 g/mol. The molecule has 3 aromatic rings. The summed E-state index contributed by atoms with van der Waals surface area (Å²) in [6.07, 6.45) is 3.20. The van der Waals surface area contributed by atoms with Crippen molar-refractivity contribution in [3.8, 4) is 11.5 Å². The summed E-state index contributed by atoms with van der Waals surface area (Å²) in [6.45, 7) is 2.01. The van der Waals surface area contributed by atoms with Gasteiger partial charge < -0.3 is 9.32 Å². The van der Waals surface area contributed by atoms with Gasteiger partial charge in [-0.15, -0.1) is 10.2 Å². The van der Waals surface area contributed by atoms with Crippen molar-refractivity contribution in [3.63, 3.8) is 0 Å². The van der Waals surface area contributed by atoms with E-state index in [9.17, 15) is 4.79 Å². The van der Waals surface area contributed by atoms with Gasteiger partial charge >= 0.3 is 0 Å². The maximum absolute atomic E-state index is 12.8. The molecule has 28 heavy (non-hydrogen) atoms. The van der Waals surface area contributed by atoms with Gasteiger partial charge in [-0.25, -0.2) is 0 Å². The Morgan fingerprint density at radius 3 is 2.82 bits per heavy atom. The molecule has 0 spiro atoms. The van der Waals surface area contributed by atoms with Crippen LogP contribution >= 0.6 is 11.8 Å². The number of nitrogens with zero attached hydrogens (tertiary/aromatic N) is 3. The van der Waals surface area contributed by atoms with Crippen LogP contribution in [0.1, 0.15) is 35.6 Å². The molecule has 0 saturated heterocycles. The SMILES string of the molecule is Cc1ccccc1-c1nnc(SCC(=O)N(C)[C@H]2CCCc3ccccc32)o1. The second-order valence-electron chi connectivity index (χ2n) is 7.09. The highest BCUT2D eigenvalue weighted by atomic mass is 32.2. The fraction of sp³-hybridized carbons (Fsp3) is 0.318. The lowest BCUT2D eigenvalue weighted by Gasteiger charge is -2.33. The van der Waals surface area contributed by atoms with Crippen LogP contribution in [0.5, 0.6) is 0 Å². The van der Waals surface area contributed by atoms with Crippen molar-refractivity contribution in [2.24, 2.45) is 0 Å². The molecule has 0 aliphatic heterocycles. The number of thioether (sulfide) groups is 1. The van der Waals surface area contributed by atoms with Crippen LogP contribution in [0.2, 0.25) is 0 Å². The third-order valence-corrected chi connectivity index (χ3v) is 6.10. The number of hydrogen-bond acceptors (Lipinski definition) is 5. The van der Waals surface area contributed by atoms with E-state index in [4.69, 9.17) is 4.42 Å². The number of carbonyl (C=O) groups is 1. The van der Waals surface area contributed by atoms with Crippen LogP contribution in [0, 0.1) is 6.92 Å². The predicted octanol–water partition coefficient (Wildman–Crippen LogP) is 4.67. The summed E-state index contributed by atoms with van der Waals surface area (Å²) in [5.41, 5.74) is 4.62. The Kier molecular flexibility index (Phi) is 5.48. The molecule has 0 radical (unpaired) electrons. The summed E-state index contributed by atoms with van der Waals surface area (Å²) in [5.74, 6) is 0.842. The average Bonchev–Trinajstić information content (AvgIpc) is 3.20. The highest BCUT2D eigenvalue weighted by molar-refractivity contribution is 7.99. The first kappa shape index (κ1) is 18.7. The van der Waals surface area contributed by atoms with Crippen molar-refractivity contribution in [2.75, 3.05) is 12.8 Å². The van der Waals surface area contributed by atoms with Crippen molar-refractivity contribution in [2.45, 2.75) is 37.5 Å². The van der Waals surface area contributed by atoms with E-state index in [1.807, 2.05) is 43.1 Å². The van der Waals surface area contributed by atoms with E-state index in [1.54, 1.807) is 0 Å². The second-order valence-corrected chi connectivity index (χ2v) is 8.01. The minimum absolute atomic E-state index is 0.0716. The second kappa shape index (κ2) is 8.19. The van der Waals surface area contributed by atoms with Crippen molar-refractivity contribution in [1.29, 1.82) is 0 Å². The fourth-order valence-corrected chi connectivity index (χ4v) is 4.41. The molecule has 6 heteroatoms. The molecule has 0 fully saturated rings. The van der Waals surface area contributed by atoms with Gasteiger partial charge in [0, 0.05) is 12.6 Å². The van der Waals surface area contributed by atoms with Gasteiger partial charge in [0.2, 0.25) is 11.8 Å². The van der Waals surface area contributed by atoms with Gasteiger partial charge in [0.15, 0.2) is 0 Å². The first-order valence-electron chi connectivity index (χ1n) is 9.49. The zero-order chi connectivity index (χ0) is 19.5. The van der Waals surface area contributed by atoms with Crippen LogP contribution in [0.25, 0.3) is 11.5 Å². The first-order chi connectivity index (χ1) is 13.6. The topological polar surface area (TPSA) is 59.2 Å². The Bertz CT molecular complexity index is 985. The number of aryl methyl sites for hydroxylation is 2. The molecule has 4 rings (SSSR count). The van der Waals surface area contributed by atoms with Gasteiger partial charge in [0.05, 0.1) is 11.8 Å². The molecule has 1 aliphatic rings. The monoisotopic (exact) mass is 393 g/mol. The van der Waals surface area contributed by atoms with Crippen LogP contribution in [-0.4, -0.2) is 33.8 Å². The van der Waals surface area contributed by atoms with E-state index in [-0.39, 0.29) is 17.7 Å². The Morgan fingerprint density at radius 1 is 1.18 bits per heavy atom. The van der Waals surface area contributed by atoms with Crippen molar-refractivity contribution in [1.82, 2.24) is 15.1 Å². The molecule has 0 bridgehead atoms. The van der Waals surface area contributed by atoms with Gasteiger partial charge in [-0.3, -0.25) is 4.79 Å². The Hall–Kier alpha value is -2.60. The van der Waals surface area contributed by atoms with E-state index in [0.29, 0.717) is 11.1 Å². The lowest BCUT2D eigenvalue weighted by atomic mass is 9.87. The lowest BCUT2D eigenvalue weighted by molar-refractivity contribution is -0.129. The van der Waals surface area contributed by atoms with Gasteiger partial charge in [-0.1, -0.05) is 54.2 Å². The van der Waals surface area contributed by atoms with Crippen LogP contribution in [0.3, 0.4) is 0 Å². The third kappa shape index (κ3) is 3.83. The van der Waals surface area contributed by atoms with Gasteiger partial charge in [0.25, 0.3) is 5.22 Å². The molecular weight excluding hydrogens is 370 g/mol. The van der Waals surface area contributed by atoms with Crippen LogP contribution < -0.4 is 0 Å². The minimum atomic E-state index is 0.0716. The third-order valence-electron chi connectivity index (χ3n) is 5.30. The van der Waals surface area contributed by atoms with Gasteiger partial charge in [-0.05, 0) is 48.9 Å². The molecule has 1 aliphatic carbocycles. The molecule has 1 aromatic heterocycles. The fourth-order valence-electron chi connectivity index (χ4n) is 3.72. The zero-order valence-electron chi connectivity index (χ0n) is 16.1. The molecule has 1 atom stereocenters. The Morgan fingerprint density at radius 2 is 1.96 bits per heavy atom. The number of aromatic nitrogens is 2. The summed E-state index contributed by atoms with van der Waals surface area (Å²) in [7, 11) is 1.89. The van der Waals surface area contributed by atoms with E-state index in [0.717, 1.165) is 30.4 Å². The first-order valence-corrected chi connectivity index (χ1v) is 10.5. The molecule has 1 heterocycles. The molecule has 5 nitrogen and oxygen atoms in total. The van der Waals surface area contributed by atoms with Crippen LogP contribution in [0.15, 0.2) is 58.2 Å². The highest BCUT2D eigenvalue weighted by Crippen LogP contribution is 2.34. The minimum Gasteiger partial charge on any atom is -0.411 e. The molecule has 1 amide bonds. The predicted molar refractivity (Wildman–Crippen MR) is 110 cm³/mol. The summed E-state index contributed by atoms with van der Waals surface area (Å²) < 4.78 is 5.75. The van der Waals surface area contributed by atoms with Crippen LogP contribution in [-0.2, 0) is 11.2 Å². The van der Waals surface area contributed by atoms with Crippen molar-refractivity contribution in [3.05, 3.63) is 65.2 Å². The Labute approximate surface area is 169 Å². The van der Waals surface area contributed by atoms with E-state index >= 15 is 0 Å². The number of fused-ring (bicyclic) bond motifs is 1. The number of rotatable bonds is 5. The standard InChI is InChI=1S/C22H23N3O2S/c1-15-8-3-5-11-17(15)21-23-24-22(27-21)28-14-20(26)25(2)19-13-7-10-16-9-4-6-12-18(16)19/h3-6,8-9,11-12,19H,7,10,13-14H2,1-2H3/t19-/m0/s1. The van der Waals surface area contributed by atoms with E-state index in [1.165, 1.54) is 22.9 Å². The van der Waals surface area contributed by atoms with Crippen molar-refractivity contribution >= 4 is 17.7 Å².